The topological polar surface area (TPSA) is 30.5 Å². The molecular weight excluding hydrogens is 330 g/mol. The van der Waals surface area contributed by atoms with Gasteiger partial charge in [0.2, 0.25) is 0 Å². The molecule has 1 aliphatic rings. The van der Waals surface area contributed by atoms with Crippen LogP contribution < -0.4 is 14.8 Å². The number of benzene rings is 1. The van der Waals surface area contributed by atoms with Crippen LogP contribution in [0, 0.1) is 0 Å². The van der Waals surface area contributed by atoms with E-state index in [-0.39, 0.29) is 0 Å². The monoisotopic (exact) mass is 355 g/mol. The molecule has 4 heteroatoms. The SMILES string of the molecule is CCCOc1c(CNC2CCCCC2)cc(Br)cc1OC. The average Bonchev–Trinajstić information content (AvgIpc) is 2.52. The van der Waals surface area contributed by atoms with E-state index in [9.17, 15) is 0 Å². The van der Waals surface area contributed by atoms with Crippen molar-refractivity contribution in [3.05, 3.63) is 22.2 Å². The second-order valence-electron chi connectivity index (χ2n) is 5.66. The van der Waals surface area contributed by atoms with E-state index in [4.69, 9.17) is 9.47 Å². The Morgan fingerprint density at radius 2 is 2.00 bits per heavy atom. The largest absolute Gasteiger partial charge is 0.493 e. The molecule has 0 unspecified atom stereocenters. The van der Waals surface area contributed by atoms with Crippen LogP contribution in [0.4, 0.5) is 0 Å². The fraction of sp³-hybridized carbons (Fsp3) is 0.647. The molecule has 1 aromatic rings. The van der Waals surface area contributed by atoms with E-state index in [0.717, 1.165) is 28.9 Å². The Hall–Kier alpha value is -0.740. The maximum atomic E-state index is 5.92. The molecule has 0 spiro atoms. The van der Waals surface area contributed by atoms with E-state index in [1.54, 1.807) is 7.11 Å². The van der Waals surface area contributed by atoms with Crippen molar-refractivity contribution in [2.75, 3.05) is 13.7 Å². The van der Waals surface area contributed by atoms with Gasteiger partial charge in [0.1, 0.15) is 0 Å². The van der Waals surface area contributed by atoms with Gasteiger partial charge >= 0.3 is 0 Å². The molecule has 3 nitrogen and oxygen atoms in total. The first kappa shape index (κ1) is 16.6. The van der Waals surface area contributed by atoms with Crippen molar-refractivity contribution in [1.82, 2.24) is 5.32 Å². The summed E-state index contributed by atoms with van der Waals surface area (Å²) in [5, 5.41) is 3.68. The highest BCUT2D eigenvalue weighted by Crippen LogP contribution is 2.35. The first-order valence-corrected chi connectivity index (χ1v) is 8.76. The van der Waals surface area contributed by atoms with Gasteiger partial charge in [-0.05, 0) is 31.4 Å². The summed E-state index contributed by atoms with van der Waals surface area (Å²) >= 11 is 3.56. The summed E-state index contributed by atoms with van der Waals surface area (Å²) in [5.74, 6) is 1.68. The predicted octanol–water partition coefficient (Wildman–Crippen LogP) is 4.67. The zero-order valence-corrected chi connectivity index (χ0v) is 14.7. The highest BCUT2D eigenvalue weighted by Gasteiger charge is 2.16. The molecule has 21 heavy (non-hydrogen) atoms. The summed E-state index contributed by atoms with van der Waals surface area (Å²) in [7, 11) is 1.69. The minimum absolute atomic E-state index is 0.641. The van der Waals surface area contributed by atoms with Crippen LogP contribution in [0.2, 0.25) is 0 Å². The number of nitrogens with one attached hydrogen (secondary N) is 1. The van der Waals surface area contributed by atoms with Crippen LogP contribution in [0.1, 0.15) is 51.0 Å². The van der Waals surface area contributed by atoms with Gasteiger partial charge in [0.05, 0.1) is 13.7 Å². The van der Waals surface area contributed by atoms with Gasteiger partial charge in [-0.2, -0.15) is 0 Å². The Kier molecular flexibility index (Phi) is 6.84. The lowest BCUT2D eigenvalue weighted by Crippen LogP contribution is -2.30. The molecule has 118 valence electrons. The Morgan fingerprint density at radius 3 is 2.67 bits per heavy atom. The molecule has 0 saturated heterocycles. The minimum Gasteiger partial charge on any atom is -0.493 e. The van der Waals surface area contributed by atoms with E-state index in [1.165, 1.54) is 37.7 Å². The van der Waals surface area contributed by atoms with Crippen LogP contribution in [-0.4, -0.2) is 19.8 Å². The van der Waals surface area contributed by atoms with Crippen molar-refractivity contribution < 1.29 is 9.47 Å². The first-order valence-electron chi connectivity index (χ1n) is 7.97. The molecule has 1 fully saturated rings. The molecule has 0 atom stereocenters. The lowest BCUT2D eigenvalue weighted by Gasteiger charge is -2.24. The number of methoxy groups -OCH3 is 1. The number of ether oxygens (including phenoxy) is 2. The summed E-state index contributed by atoms with van der Waals surface area (Å²) in [5.41, 5.74) is 1.17. The molecule has 1 aromatic carbocycles. The van der Waals surface area contributed by atoms with Crippen molar-refractivity contribution >= 4 is 15.9 Å². The van der Waals surface area contributed by atoms with Gasteiger partial charge in [0, 0.05) is 22.6 Å². The maximum Gasteiger partial charge on any atom is 0.165 e. The molecule has 0 aromatic heterocycles. The highest BCUT2D eigenvalue weighted by atomic mass is 79.9. The third-order valence-corrected chi connectivity index (χ3v) is 4.41. The average molecular weight is 356 g/mol. The van der Waals surface area contributed by atoms with Gasteiger partial charge in [-0.25, -0.2) is 0 Å². The van der Waals surface area contributed by atoms with Crippen LogP contribution in [-0.2, 0) is 6.54 Å². The lowest BCUT2D eigenvalue weighted by molar-refractivity contribution is 0.288. The fourth-order valence-electron chi connectivity index (χ4n) is 2.83. The fourth-order valence-corrected chi connectivity index (χ4v) is 3.32. The first-order chi connectivity index (χ1) is 10.2. The van der Waals surface area contributed by atoms with Gasteiger partial charge in [-0.3, -0.25) is 0 Å². The molecule has 0 bridgehead atoms. The predicted molar refractivity (Wildman–Crippen MR) is 90.2 cm³/mol. The second kappa shape index (κ2) is 8.64. The zero-order valence-electron chi connectivity index (χ0n) is 13.1. The molecule has 0 amide bonds. The molecule has 1 aliphatic carbocycles. The van der Waals surface area contributed by atoms with Crippen molar-refractivity contribution in [2.24, 2.45) is 0 Å². The Morgan fingerprint density at radius 1 is 1.24 bits per heavy atom. The van der Waals surface area contributed by atoms with E-state index in [2.05, 4.69) is 34.2 Å². The lowest BCUT2D eigenvalue weighted by atomic mass is 9.95. The highest BCUT2D eigenvalue weighted by molar-refractivity contribution is 9.10. The van der Waals surface area contributed by atoms with Gasteiger partial charge in [-0.15, -0.1) is 0 Å². The summed E-state index contributed by atoms with van der Waals surface area (Å²) in [6.07, 6.45) is 7.65. The van der Waals surface area contributed by atoms with Crippen LogP contribution in [0.5, 0.6) is 11.5 Å². The van der Waals surface area contributed by atoms with Crippen LogP contribution in [0.3, 0.4) is 0 Å². The Bertz CT molecular complexity index is 445. The standard InChI is InChI=1S/C17H26BrNO2/c1-3-9-21-17-13(10-14(18)11-16(17)20-2)12-19-15-7-5-4-6-8-15/h10-11,15,19H,3-9,12H2,1-2H3. The molecule has 0 aliphatic heterocycles. The van der Waals surface area contributed by atoms with Gasteiger partial charge in [0.25, 0.3) is 0 Å². The normalized spacial score (nSPS) is 16.0. The number of halogens is 1. The summed E-state index contributed by atoms with van der Waals surface area (Å²) in [6.45, 7) is 3.67. The van der Waals surface area contributed by atoms with Crippen LogP contribution in [0.25, 0.3) is 0 Å². The van der Waals surface area contributed by atoms with Crippen molar-refractivity contribution in [3.63, 3.8) is 0 Å². The number of rotatable bonds is 7. The summed E-state index contributed by atoms with van der Waals surface area (Å²) < 4.78 is 12.4. The third kappa shape index (κ3) is 4.89. The van der Waals surface area contributed by atoms with Gasteiger partial charge < -0.3 is 14.8 Å². The van der Waals surface area contributed by atoms with E-state index >= 15 is 0 Å². The summed E-state index contributed by atoms with van der Waals surface area (Å²) in [6, 6.07) is 4.74. The van der Waals surface area contributed by atoms with E-state index < -0.39 is 0 Å². The van der Waals surface area contributed by atoms with E-state index in [1.807, 2.05) is 6.07 Å². The second-order valence-corrected chi connectivity index (χ2v) is 6.58. The smallest absolute Gasteiger partial charge is 0.165 e. The van der Waals surface area contributed by atoms with Crippen molar-refractivity contribution in [1.29, 1.82) is 0 Å². The molecule has 0 heterocycles. The maximum absolute atomic E-state index is 5.92. The van der Waals surface area contributed by atoms with Gasteiger partial charge in [-0.1, -0.05) is 42.1 Å². The Balaban J connectivity index is 2.09. The summed E-state index contributed by atoms with van der Waals surface area (Å²) in [4.78, 5) is 0. The van der Waals surface area contributed by atoms with Gasteiger partial charge in [0.15, 0.2) is 11.5 Å². The molecule has 0 radical (unpaired) electrons. The van der Waals surface area contributed by atoms with Crippen LogP contribution in [0.15, 0.2) is 16.6 Å². The number of hydrogen-bond acceptors (Lipinski definition) is 3. The molecule has 1 N–H and O–H groups in total. The number of hydrogen-bond donors (Lipinski definition) is 1. The molecule has 1 saturated carbocycles. The van der Waals surface area contributed by atoms with Crippen LogP contribution >= 0.6 is 15.9 Å². The molecular formula is C17H26BrNO2. The van der Waals surface area contributed by atoms with Crippen molar-refractivity contribution in [3.8, 4) is 11.5 Å². The minimum atomic E-state index is 0.641. The Labute approximate surface area is 136 Å². The zero-order chi connectivity index (χ0) is 15.1. The quantitative estimate of drug-likeness (QED) is 0.770. The van der Waals surface area contributed by atoms with Crippen molar-refractivity contribution in [2.45, 2.75) is 58.0 Å². The van der Waals surface area contributed by atoms with E-state index in [0.29, 0.717) is 12.6 Å². The third-order valence-electron chi connectivity index (χ3n) is 3.95. The molecule has 2 rings (SSSR count).